The maximum atomic E-state index is 12.4. The van der Waals surface area contributed by atoms with E-state index in [2.05, 4.69) is 0 Å². The zero-order valence-electron chi connectivity index (χ0n) is 9.85. The van der Waals surface area contributed by atoms with Gasteiger partial charge in [-0.2, -0.15) is 0 Å². The molecular weight excluding hydrogens is 232 g/mol. The number of nitrogens with two attached hydrogens (primary N) is 1. The van der Waals surface area contributed by atoms with E-state index < -0.39 is 5.41 Å². The highest BCUT2D eigenvalue weighted by molar-refractivity contribution is 7.80. The summed E-state index contributed by atoms with van der Waals surface area (Å²) in [6.45, 7) is 0. The van der Waals surface area contributed by atoms with Crippen molar-refractivity contribution in [3.05, 3.63) is 30.3 Å². The number of carbonyl (C=O) groups is 1. The van der Waals surface area contributed by atoms with Crippen LogP contribution < -0.4 is 10.6 Å². The van der Waals surface area contributed by atoms with Crippen LogP contribution >= 0.6 is 12.2 Å². The molecule has 1 saturated carbocycles. The van der Waals surface area contributed by atoms with Crippen LogP contribution in [0.4, 0.5) is 5.69 Å². The van der Waals surface area contributed by atoms with Crippen LogP contribution in [-0.4, -0.2) is 17.9 Å². The molecule has 0 aromatic heterocycles. The van der Waals surface area contributed by atoms with Gasteiger partial charge in [-0.1, -0.05) is 36.8 Å². The van der Waals surface area contributed by atoms with Crippen LogP contribution in [0.1, 0.15) is 19.3 Å². The van der Waals surface area contributed by atoms with E-state index >= 15 is 0 Å². The summed E-state index contributed by atoms with van der Waals surface area (Å²) in [5.41, 5.74) is 6.01. The van der Waals surface area contributed by atoms with Gasteiger partial charge in [-0.25, -0.2) is 0 Å². The van der Waals surface area contributed by atoms with Crippen molar-refractivity contribution in [3.63, 3.8) is 0 Å². The Hall–Kier alpha value is -1.42. The first kappa shape index (κ1) is 12.0. The van der Waals surface area contributed by atoms with E-state index in [-0.39, 0.29) is 5.91 Å². The van der Waals surface area contributed by atoms with Crippen molar-refractivity contribution >= 4 is 28.8 Å². The summed E-state index contributed by atoms with van der Waals surface area (Å²) in [5, 5.41) is 0. The molecule has 1 fully saturated rings. The van der Waals surface area contributed by atoms with E-state index in [9.17, 15) is 4.79 Å². The number of thiocarbonyl (C=S) groups is 1. The minimum Gasteiger partial charge on any atom is -0.392 e. The highest BCUT2D eigenvalue weighted by Crippen LogP contribution is 2.43. The van der Waals surface area contributed by atoms with E-state index in [1.165, 1.54) is 0 Å². The summed E-state index contributed by atoms with van der Waals surface area (Å²) in [5.74, 6) is 0.0162. The third-order valence-corrected chi connectivity index (χ3v) is 3.93. The molecule has 0 unspecified atom stereocenters. The maximum absolute atomic E-state index is 12.4. The van der Waals surface area contributed by atoms with Crippen molar-refractivity contribution in [2.75, 3.05) is 11.9 Å². The summed E-state index contributed by atoms with van der Waals surface area (Å²) in [7, 11) is 1.77. The molecule has 4 heteroatoms. The Kier molecular flexibility index (Phi) is 3.15. The Morgan fingerprint density at radius 3 is 2.35 bits per heavy atom. The van der Waals surface area contributed by atoms with Crippen LogP contribution in [0.25, 0.3) is 0 Å². The molecule has 2 N–H and O–H groups in total. The molecule has 1 amide bonds. The van der Waals surface area contributed by atoms with E-state index in [1.807, 2.05) is 30.3 Å². The van der Waals surface area contributed by atoms with Crippen molar-refractivity contribution in [3.8, 4) is 0 Å². The second kappa shape index (κ2) is 4.45. The van der Waals surface area contributed by atoms with Crippen LogP contribution in [0.5, 0.6) is 0 Å². The van der Waals surface area contributed by atoms with Gasteiger partial charge in [0.2, 0.25) is 5.91 Å². The molecule has 3 nitrogen and oxygen atoms in total. The Morgan fingerprint density at radius 1 is 1.35 bits per heavy atom. The standard InChI is InChI=1S/C13H16N2OS/c1-15(10-6-3-2-4-7-10)12(16)13(11(14)17)8-5-9-13/h2-4,6-7H,5,8-9H2,1H3,(H2,14,17). The van der Waals surface area contributed by atoms with Crippen LogP contribution in [-0.2, 0) is 4.79 Å². The number of rotatable bonds is 3. The minimum atomic E-state index is -0.597. The van der Waals surface area contributed by atoms with Gasteiger partial charge in [-0.15, -0.1) is 0 Å². The van der Waals surface area contributed by atoms with E-state index in [0.29, 0.717) is 4.99 Å². The Balaban J connectivity index is 2.23. The second-order valence-electron chi connectivity index (χ2n) is 4.50. The number of amides is 1. The van der Waals surface area contributed by atoms with Gasteiger partial charge in [0.25, 0.3) is 0 Å². The van der Waals surface area contributed by atoms with Crippen LogP contribution in [0.2, 0.25) is 0 Å². The van der Waals surface area contributed by atoms with E-state index in [4.69, 9.17) is 18.0 Å². The summed E-state index contributed by atoms with van der Waals surface area (Å²) in [6, 6.07) is 9.56. The lowest BCUT2D eigenvalue weighted by Gasteiger charge is -2.41. The molecule has 90 valence electrons. The second-order valence-corrected chi connectivity index (χ2v) is 4.94. The molecule has 0 aliphatic heterocycles. The predicted octanol–water partition coefficient (Wildman–Crippen LogP) is 2.11. The van der Waals surface area contributed by atoms with Gasteiger partial charge in [0.05, 0.1) is 10.4 Å². The predicted molar refractivity (Wildman–Crippen MR) is 72.9 cm³/mol. The topological polar surface area (TPSA) is 46.3 Å². The molecule has 0 saturated heterocycles. The van der Waals surface area contributed by atoms with Crippen molar-refractivity contribution in [1.29, 1.82) is 0 Å². The molecule has 1 aliphatic rings. The molecule has 0 spiro atoms. The van der Waals surface area contributed by atoms with E-state index in [1.54, 1.807) is 11.9 Å². The molecule has 1 aliphatic carbocycles. The number of anilines is 1. The normalized spacial score (nSPS) is 17.0. The third kappa shape index (κ3) is 1.93. The number of benzene rings is 1. The van der Waals surface area contributed by atoms with Gasteiger partial charge in [-0.05, 0) is 25.0 Å². The fourth-order valence-electron chi connectivity index (χ4n) is 2.19. The number of para-hydroxylation sites is 1. The van der Waals surface area contributed by atoms with Gasteiger partial charge < -0.3 is 10.6 Å². The largest absolute Gasteiger partial charge is 0.392 e. The van der Waals surface area contributed by atoms with Crippen molar-refractivity contribution in [1.82, 2.24) is 0 Å². The fraction of sp³-hybridized carbons (Fsp3) is 0.385. The Labute approximate surface area is 107 Å². The average molecular weight is 248 g/mol. The quantitative estimate of drug-likeness (QED) is 0.833. The molecule has 17 heavy (non-hydrogen) atoms. The van der Waals surface area contributed by atoms with Crippen molar-refractivity contribution in [2.45, 2.75) is 19.3 Å². The molecule has 0 bridgehead atoms. The number of carbonyl (C=O) groups excluding carboxylic acids is 1. The molecule has 1 aromatic carbocycles. The SMILES string of the molecule is CN(C(=O)C1(C(N)=S)CCC1)c1ccccc1. The molecule has 0 atom stereocenters. The highest BCUT2D eigenvalue weighted by atomic mass is 32.1. The lowest BCUT2D eigenvalue weighted by Crippen LogP contribution is -2.53. The van der Waals surface area contributed by atoms with Crippen LogP contribution in [0.3, 0.4) is 0 Å². The van der Waals surface area contributed by atoms with Crippen molar-refractivity contribution < 1.29 is 4.79 Å². The van der Waals surface area contributed by atoms with Gasteiger partial charge >= 0.3 is 0 Å². The number of hydrogen-bond acceptors (Lipinski definition) is 2. The zero-order chi connectivity index (χ0) is 12.5. The number of nitrogens with zero attached hydrogens (tertiary/aromatic N) is 1. The fourth-order valence-corrected chi connectivity index (χ4v) is 2.48. The van der Waals surface area contributed by atoms with Gasteiger partial charge in [0.1, 0.15) is 0 Å². The third-order valence-electron chi connectivity index (χ3n) is 3.54. The van der Waals surface area contributed by atoms with Crippen LogP contribution in [0.15, 0.2) is 30.3 Å². The first-order valence-corrected chi connectivity index (χ1v) is 6.12. The lowest BCUT2D eigenvalue weighted by atomic mass is 9.67. The summed E-state index contributed by atoms with van der Waals surface area (Å²) >= 11 is 5.06. The van der Waals surface area contributed by atoms with Gasteiger partial charge in [0.15, 0.2) is 0 Å². The minimum absolute atomic E-state index is 0.0162. The highest BCUT2D eigenvalue weighted by Gasteiger charge is 2.48. The first-order chi connectivity index (χ1) is 8.08. The van der Waals surface area contributed by atoms with Crippen molar-refractivity contribution in [2.24, 2.45) is 11.1 Å². The molecule has 2 rings (SSSR count). The van der Waals surface area contributed by atoms with E-state index in [0.717, 1.165) is 24.9 Å². The average Bonchev–Trinajstić information content (AvgIpc) is 2.27. The van der Waals surface area contributed by atoms with Gasteiger partial charge in [0, 0.05) is 12.7 Å². The molecule has 0 radical (unpaired) electrons. The molecule has 0 heterocycles. The summed E-state index contributed by atoms with van der Waals surface area (Å²) in [4.78, 5) is 14.4. The first-order valence-electron chi connectivity index (χ1n) is 5.71. The monoisotopic (exact) mass is 248 g/mol. The smallest absolute Gasteiger partial charge is 0.239 e. The number of hydrogen-bond donors (Lipinski definition) is 1. The van der Waals surface area contributed by atoms with Gasteiger partial charge in [-0.3, -0.25) is 4.79 Å². The molecular formula is C13H16N2OS. The van der Waals surface area contributed by atoms with Crippen LogP contribution in [0, 0.1) is 5.41 Å². The summed E-state index contributed by atoms with van der Waals surface area (Å²) in [6.07, 6.45) is 2.57. The Morgan fingerprint density at radius 2 is 1.94 bits per heavy atom. The molecule has 1 aromatic rings. The zero-order valence-corrected chi connectivity index (χ0v) is 10.7. The Bertz CT molecular complexity index is 440. The maximum Gasteiger partial charge on any atom is 0.239 e. The lowest BCUT2D eigenvalue weighted by molar-refractivity contribution is -0.127. The summed E-state index contributed by atoms with van der Waals surface area (Å²) < 4.78 is 0.